The van der Waals surface area contributed by atoms with Crippen molar-refractivity contribution in [1.82, 2.24) is 24.5 Å². The molecule has 1 aliphatic rings. The third-order valence-corrected chi connectivity index (χ3v) is 5.47. The molecule has 1 N–H and O–H groups in total. The number of aryl methyl sites for hydroxylation is 2. The predicted octanol–water partition coefficient (Wildman–Crippen LogP) is 1.95. The maximum Gasteiger partial charge on any atom is 0.254 e. The van der Waals surface area contributed by atoms with Crippen molar-refractivity contribution in [3.05, 3.63) is 57.4 Å². The summed E-state index contributed by atoms with van der Waals surface area (Å²) in [4.78, 5) is 35.7. The van der Waals surface area contributed by atoms with Crippen LogP contribution in [0.25, 0.3) is 5.65 Å². The van der Waals surface area contributed by atoms with Gasteiger partial charge in [-0.25, -0.2) is 9.50 Å². The number of fused-ring (bicyclic) bond motifs is 1. The van der Waals surface area contributed by atoms with Crippen LogP contribution in [0.15, 0.2) is 29.2 Å². The van der Waals surface area contributed by atoms with E-state index in [4.69, 9.17) is 0 Å². The number of anilines is 1. The summed E-state index contributed by atoms with van der Waals surface area (Å²) in [6.07, 6.45) is 2.24. The van der Waals surface area contributed by atoms with E-state index in [0.717, 1.165) is 55.4 Å². The molecule has 0 amide bonds. The van der Waals surface area contributed by atoms with Crippen molar-refractivity contribution in [2.45, 2.75) is 33.7 Å². The van der Waals surface area contributed by atoms with Gasteiger partial charge in [-0.2, -0.15) is 5.10 Å². The van der Waals surface area contributed by atoms with Gasteiger partial charge in [0, 0.05) is 57.0 Å². The highest BCUT2D eigenvalue weighted by atomic mass is 16.1. The molecule has 8 nitrogen and oxygen atoms in total. The second-order valence-corrected chi connectivity index (χ2v) is 7.57. The molecule has 0 aliphatic carbocycles. The number of carbonyl (C=O) groups is 1. The number of ketones is 1. The molecular weight excluding hydrogens is 368 g/mol. The molecule has 29 heavy (non-hydrogen) atoms. The van der Waals surface area contributed by atoms with E-state index in [-0.39, 0.29) is 11.3 Å². The number of aromatic amines is 1. The van der Waals surface area contributed by atoms with Crippen LogP contribution in [0.2, 0.25) is 0 Å². The lowest BCUT2D eigenvalue weighted by atomic mass is 10.1. The largest absolute Gasteiger partial charge is 0.368 e. The number of nitrogens with one attached hydrogen (secondary N) is 1. The van der Waals surface area contributed by atoms with Gasteiger partial charge in [0.2, 0.25) is 0 Å². The highest BCUT2D eigenvalue weighted by molar-refractivity contribution is 5.94. The van der Waals surface area contributed by atoms with E-state index in [1.807, 2.05) is 32.0 Å². The van der Waals surface area contributed by atoms with Crippen molar-refractivity contribution in [3.63, 3.8) is 0 Å². The Bertz CT molecular complexity index is 1110. The molecule has 3 aromatic rings. The summed E-state index contributed by atoms with van der Waals surface area (Å²) in [7, 11) is 0. The van der Waals surface area contributed by atoms with Crippen LogP contribution in [-0.4, -0.2) is 56.4 Å². The summed E-state index contributed by atoms with van der Waals surface area (Å²) in [6.45, 7) is 9.97. The van der Waals surface area contributed by atoms with Gasteiger partial charge >= 0.3 is 0 Å². The van der Waals surface area contributed by atoms with Crippen LogP contribution in [0, 0.1) is 13.8 Å². The number of carbonyl (C=O) groups excluding carboxylic acids is 1. The number of H-pyrrole nitrogens is 1. The molecule has 0 saturated carbocycles. The minimum absolute atomic E-state index is 0.0757. The monoisotopic (exact) mass is 394 g/mol. The van der Waals surface area contributed by atoms with Gasteiger partial charge in [0.05, 0.1) is 17.1 Å². The maximum atomic E-state index is 11.9. The Balaban J connectivity index is 1.41. The lowest BCUT2D eigenvalue weighted by Crippen LogP contribution is -2.46. The molecule has 1 fully saturated rings. The molecule has 152 valence electrons. The number of nitrogens with zero attached hydrogens (tertiary/aromatic N) is 5. The standard InChI is InChI=1S/C21H26N6O2/c1-4-19(28)17-5-6-18(15(3)22-17)26-9-7-25(8-10-26)13-16-11-20-23-21(29)14(2)12-27(20)24-16/h5-6,11-12H,4,7-10,13H2,1-3H3,(H,23,29). The van der Waals surface area contributed by atoms with Crippen LogP contribution in [0.5, 0.6) is 0 Å². The van der Waals surface area contributed by atoms with Gasteiger partial charge in [0.25, 0.3) is 5.56 Å². The lowest BCUT2D eigenvalue weighted by molar-refractivity contribution is 0.0983. The average molecular weight is 394 g/mol. The zero-order valence-corrected chi connectivity index (χ0v) is 17.1. The molecule has 8 heteroatoms. The second-order valence-electron chi connectivity index (χ2n) is 7.57. The molecule has 0 bridgehead atoms. The fourth-order valence-electron chi connectivity index (χ4n) is 3.77. The lowest BCUT2D eigenvalue weighted by Gasteiger charge is -2.36. The van der Waals surface area contributed by atoms with Gasteiger partial charge in [0.1, 0.15) is 11.3 Å². The summed E-state index contributed by atoms with van der Waals surface area (Å²) in [5.74, 6) is 0.0773. The number of aromatic nitrogens is 4. The Hall–Kier alpha value is -3.00. The molecule has 4 heterocycles. The number of rotatable bonds is 5. The SMILES string of the molecule is CCC(=O)c1ccc(N2CCN(Cc3cc4[nH]c(=O)c(C)cn4n3)CC2)c(C)n1. The van der Waals surface area contributed by atoms with Crippen LogP contribution >= 0.6 is 0 Å². The summed E-state index contributed by atoms with van der Waals surface area (Å²) in [5, 5.41) is 4.58. The van der Waals surface area contributed by atoms with E-state index in [1.165, 1.54) is 0 Å². The highest BCUT2D eigenvalue weighted by Gasteiger charge is 2.20. The number of Topliss-reactive ketones (excluding diaryl/α,β-unsaturated/α-hetero) is 1. The van der Waals surface area contributed by atoms with Crippen LogP contribution in [-0.2, 0) is 6.54 Å². The fourth-order valence-corrected chi connectivity index (χ4v) is 3.77. The van der Waals surface area contributed by atoms with Crippen LogP contribution in [0.4, 0.5) is 5.69 Å². The fraction of sp³-hybridized carbons (Fsp3) is 0.429. The molecule has 1 saturated heterocycles. The van der Waals surface area contributed by atoms with Gasteiger partial charge in [-0.15, -0.1) is 0 Å². The summed E-state index contributed by atoms with van der Waals surface area (Å²) < 4.78 is 1.73. The van der Waals surface area contributed by atoms with E-state index < -0.39 is 0 Å². The summed E-state index contributed by atoms with van der Waals surface area (Å²) >= 11 is 0. The number of hydrogen-bond acceptors (Lipinski definition) is 6. The topological polar surface area (TPSA) is 86.6 Å². The zero-order valence-electron chi connectivity index (χ0n) is 17.1. The molecule has 3 aromatic heterocycles. The normalized spacial score (nSPS) is 15.2. The molecule has 0 spiro atoms. The average Bonchev–Trinajstić information content (AvgIpc) is 3.09. The molecule has 1 aliphatic heterocycles. The van der Waals surface area contributed by atoms with Gasteiger partial charge in [-0.3, -0.25) is 14.5 Å². The summed E-state index contributed by atoms with van der Waals surface area (Å²) in [6, 6.07) is 5.78. The van der Waals surface area contributed by atoms with Gasteiger partial charge < -0.3 is 9.88 Å². The molecule has 4 rings (SSSR count). The Kier molecular flexibility index (Phi) is 5.19. The summed E-state index contributed by atoms with van der Waals surface area (Å²) in [5.41, 5.74) is 4.78. The van der Waals surface area contributed by atoms with Crippen molar-refractivity contribution < 1.29 is 4.79 Å². The van der Waals surface area contributed by atoms with Crippen molar-refractivity contribution in [2.24, 2.45) is 0 Å². The minimum Gasteiger partial charge on any atom is -0.368 e. The van der Waals surface area contributed by atoms with E-state index >= 15 is 0 Å². The number of piperazine rings is 1. The third kappa shape index (κ3) is 3.93. The van der Waals surface area contributed by atoms with Crippen molar-refractivity contribution in [1.29, 1.82) is 0 Å². The van der Waals surface area contributed by atoms with Gasteiger partial charge in [-0.05, 0) is 26.0 Å². The first kappa shape index (κ1) is 19.3. The van der Waals surface area contributed by atoms with E-state index in [1.54, 1.807) is 17.6 Å². The Morgan fingerprint density at radius 3 is 2.62 bits per heavy atom. The van der Waals surface area contributed by atoms with Gasteiger partial charge in [0.15, 0.2) is 5.78 Å². The van der Waals surface area contributed by atoms with Crippen LogP contribution in [0.1, 0.15) is 40.8 Å². The maximum absolute atomic E-state index is 11.9. The quantitative estimate of drug-likeness (QED) is 0.666. The predicted molar refractivity (Wildman–Crippen MR) is 112 cm³/mol. The number of hydrogen-bond donors (Lipinski definition) is 1. The molecular formula is C21H26N6O2. The van der Waals surface area contributed by atoms with E-state index in [9.17, 15) is 9.59 Å². The van der Waals surface area contributed by atoms with Crippen molar-refractivity contribution in [3.8, 4) is 0 Å². The first-order chi connectivity index (χ1) is 13.9. The molecule has 0 radical (unpaired) electrons. The Labute approximate surface area is 169 Å². The highest BCUT2D eigenvalue weighted by Crippen LogP contribution is 2.21. The second kappa shape index (κ2) is 7.79. The Morgan fingerprint density at radius 2 is 1.93 bits per heavy atom. The first-order valence-corrected chi connectivity index (χ1v) is 10.0. The zero-order chi connectivity index (χ0) is 20.5. The van der Waals surface area contributed by atoms with Crippen molar-refractivity contribution >= 4 is 17.1 Å². The van der Waals surface area contributed by atoms with Gasteiger partial charge in [-0.1, -0.05) is 6.92 Å². The first-order valence-electron chi connectivity index (χ1n) is 10.0. The van der Waals surface area contributed by atoms with Crippen molar-refractivity contribution in [2.75, 3.05) is 31.1 Å². The molecule has 0 atom stereocenters. The minimum atomic E-state index is -0.0757. The van der Waals surface area contributed by atoms with Crippen LogP contribution in [0.3, 0.4) is 0 Å². The third-order valence-electron chi connectivity index (χ3n) is 5.47. The molecule has 0 unspecified atom stereocenters. The smallest absolute Gasteiger partial charge is 0.254 e. The van der Waals surface area contributed by atoms with Crippen LogP contribution < -0.4 is 10.5 Å². The van der Waals surface area contributed by atoms with E-state index in [0.29, 0.717) is 17.7 Å². The number of pyridine rings is 1. The molecule has 0 aromatic carbocycles. The van der Waals surface area contributed by atoms with E-state index in [2.05, 4.69) is 24.9 Å². The Morgan fingerprint density at radius 1 is 1.17 bits per heavy atom.